The Morgan fingerprint density at radius 1 is 0.912 bits per heavy atom. The minimum Gasteiger partial charge on any atom is -0.325 e. The van der Waals surface area contributed by atoms with Gasteiger partial charge in [0.25, 0.3) is 0 Å². The number of nitrogens with one attached hydrogen (secondary N) is 1. The van der Waals surface area contributed by atoms with Crippen LogP contribution >= 0.6 is 39.1 Å². The second-order valence-electron chi connectivity index (χ2n) is 7.08. The van der Waals surface area contributed by atoms with E-state index in [1.165, 1.54) is 42.5 Å². The maximum atomic E-state index is 13.4. The first-order valence-corrected chi connectivity index (χ1v) is 14.0. The molecule has 0 spiro atoms. The molecule has 0 bridgehead atoms. The fraction of sp³-hybridized carbons (Fsp3) is 0.0952. The van der Waals surface area contributed by atoms with E-state index >= 15 is 0 Å². The van der Waals surface area contributed by atoms with Crippen LogP contribution in [0.2, 0.25) is 10.0 Å². The van der Waals surface area contributed by atoms with Crippen molar-refractivity contribution in [1.29, 1.82) is 0 Å². The molecule has 0 heterocycles. The number of benzene rings is 3. The van der Waals surface area contributed by atoms with Gasteiger partial charge < -0.3 is 5.32 Å². The lowest BCUT2D eigenvalue weighted by Gasteiger charge is -2.22. The molecule has 3 aromatic rings. The van der Waals surface area contributed by atoms with Gasteiger partial charge in [-0.2, -0.15) is 4.31 Å². The summed E-state index contributed by atoms with van der Waals surface area (Å²) in [6.45, 7) is -0.722. The van der Waals surface area contributed by atoms with Crippen LogP contribution in [0.4, 0.5) is 5.69 Å². The molecule has 0 unspecified atom stereocenters. The van der Waals surface area contributed by atoms with Crippen LogP contribution in [0.25, 0.3) is 0 Å². The van der Waals surface area contributed by atoms with E-state index in [0.29, 0.717) is 15.1 Å². The van der Waals surface area contributed by atoms with Crippen molar-refractivity contribution in [1.82, 2.24) is 4.31 Å². The minimum atomic E-state index is -4.09. The van der Waals surface area contributed by atoms with Gasteiger partial charge in [0.2, 0.25) is 26.0 Å². The van der Waals surface area contributed by atoms with Gasteiger partial charge in [0, 0.05) is 26.8 Å². The number of hydrogen-bond acceptors (Lipinski definition) is 5. The Kier molecular flexibility index (Phi) is 8.40. The normalized spacial score (nSPS) is 12.0. The molecule has 0 fully saturated rings. The van der Waals surface area contributed by atoms with Crippen molar-refractivity contribution >= 4 is 70.8 Å². The first-order valence-electron chi connectivity index (χ1n) is 9.48. The number of nitrogens with two attached hydrogens (primary N) is 1. The van der Waals surface area contributed by atoms with E-state index in [2.05, 4.69) is 21.2 Å². The molecule has 3 rings (SSSR count). The van der Waals surface area contributed by atoms with Crippen molar-refractivity contribution in [3.63, 3.8) is 0 Å². The number of sulfonamides is 2. The highest BCUT2D eigenvalue weighted by atomic mass is 79.9. The van der Waals surface area contributed by atoms with Gasteiger partial charge in [0.05, 0.1) is 16.3 Å². The summed E-state index contributed by atoms with van der Waals surface area (Å²) in [7, 11) is -7.98. The lowest BCUT2D eigenvalue weighted by Crippen LogP contribution is -2.37. The fourth-order valence-corrected chi connectivity index (χ4v) is 5.53. The van der Waals surface area contributed by atoms with Crippen molar-refractivity contribution in [2.24, 2.45) is 5.14 Å². The topological polar surface area (TPSA) is 127 Å². The van der Waals surface area contributed by atoms with Crippen molar-refractivity contribution in [2.75, 3.05) is 11.9 Å². The number of carbonyl (C=O) groups is 1. The molecule has 0 aliphatic carbocycles. The summed E-state index contributed by atoms with van der Waals surface area (Å²) in [4.78, 5) is 12.6. The Bertz CT molecular complexity index is 1420. The van der Waals surface area contributed by atoms with Crippen LogP contribution in [-0.2, 0) is 31.4 Å². The first kappa shape index (κ1) is 26.6. The zero-order valence-corrected chi connectivity index (χ0v) is 22.0. The van der Waals surface area contributed by atoms with Gasteiger partial charge in [0.15, 0.2) is 0 Å². The van der Waals surface area contributed by atoms with Gasteiger partial charge in [-0.1, -0.05) is 45.2 Å². The summed E-state index contributed by atoms with van der Waals surface area (Å²) in [5.41, 5.74) is 0.722. The van der Waals surface area contributed by atoms with E-state index in [9.17, 15) is 21.6 Å². The molecule has 3 N–H and O–H groups in total. The van der Waals surface area contributed by atoms with E-state index in [1.54, 1.807) is 24.3 Å². The highest BCUT2D eigenvalue weighted by Crippen LogP contribution is 2.26. The van der Waals surface area contributed by atoms with Crippen molar-refractivity contribution in [3.8, 4) is 0 Å². The minimum absolute atomic E-state index is 0.00825. The summed E-state index contributed by atoms with van der Waals surface area (Å²) < 4.78 is 51.2. The third-order valence-electron chi connectivity index (χ3n) is 4.60. The van der Waals surface area contributed by atoms with E-state index in [1.807, 2.05) is 0 Å². The van der Waals surface area contributed by atoms with E-state index in [4.69, 9.17) is 28.3 Å². The molecule has 0 radical (unpaired) electrons. The largest absolute Gasteiger partial charge is 0.325 e. The molecule has 13 heteroatoms. The number of nitrogens with zero attached hydrogens (tertiary/aromatic N) is 1. The predicted octanol–water partition coefficient (Wildman–Crippen LogP) is 4.23. The molecule has 0 aromatic heterocycles. The zero-order chi connectivity index (χ0) is 25.1. The van der Waals surface area contributed by atoms with Crippen LogP contribution in [0.1, 0.15) is 5.56 Å². The summed E-state index contributed by atoms with van der Waals surface area (Å²) in [6.07, 6.45) is 0. The van der Waals surface area contributed by atoms with Crippen LogP contribution in [-0.4, -0.2) is 33.6 Å². The number of hydrogen-bond donors (Lipinski definition) is 2. The molecular weight excluding hydrogens is 589 g/mol. The number of halogens is 3. The number of carbonyl (C=O) groups excluding carboxylic acids is 1. The van der Waals surface area contributed by atoms with Crippen LogP contribution in [0, 0.1) is 0 Å². The second kappa shape index (κ2) is 10.7. The Balaban J connectivity index is 1.88. The van der Waals surface area contributed by atoms with Crippen molar-refractivity contribution in [3.05, 3.63) is 86.8 Å². The SMILES string of the molecule is NS(=O)(=O)c1ccc(NC(=O)CN(Cc2ccc(Cl)cc2Cl)S(=O)(=O)c2ccc(Br)cc2)cc1. The van der Waals surface area contributed by atoms with E-state index < -0.39 is 32.5 Å². The average molecular weight is 607 g/mol. The molecule has 3 aromatic carbocycles. The molecule has 0 aliphatic heterocycles. The molecule has 34 heavy (non-hydrogen) atoms. The van der Waals surface area contributed by atoms with Gasteiger partial charge in [-0.3, -0.25) is 4.79 Å². The number of amides is 1. The van der Waals surface area contributed by atoms with Gasteiger partial charge >= 0.3 is 0 Å². The molecule has 1 amide bonds. The van der Waals surface area contributed by atoms with Crippen LogP contribution in [0.5, 0.6) is 0 Å². The third kappa shape index (κ3) is 6.79. The van der Waals surface area contributed by atoms with Crippen molar-refractivity contribution in [2.45, 2.75) is 16.3 Å². The molecule has 0 saturated carbocycles. The number of anilines is 1. The van der Waals surface area contributed by atoms with Crippen molar-refractivity contribution < 1.29 is 21.6 Å². The Morgan fingerprint density at radius 2 is 1.50 bits per heavy atom. The quantitative estimate of drug-likeness (QED) is 0.397. The molecule has 0 saturated heterocycles. The Labute approximate surface area is 215 Å². The summed E-state index contributed by atoms with van der Waals surface area (Å²) >= 11 is 15.4. The molecule has 8 nitrogen and oxygen atoms in total. The lowest BCUT2D eigenvalue weighted by molar-refractivity contribution is -0.116. The zero-order valence-electron chi connectivity index (χ0n) is 17.3. The maximum absolute atomic E-state index is 13.4. The predicted molar refractivity (Wildman–Crippen MR) is 135 cm³/mol. The summed E-state index contributed by atoms with van der Waals surface area (Å²) in [5.74, 6) is -0.644. The highest BCUT2D eigenvalue weighted by Gasteiger charge is 2.28. The Hall–Kier alpha value is -1.99. The lowest BCUT2D eigenvalue weighted by atomic mass is 10.2. The van der Waals surface area contributed by atoms with Gasteiger partial charge in [0.1, 0.15) is 0 Å². The van der Waals surface area contributed by atoms with Gasteiger partial charge in [-0.15, -0.1) is 0 Å². The van der Waals surface area contributed by atoms with E-state index in [-0.39, 0.29) is 27.0 Å². The second-order valence-corrected chi connectivity index (χ2v) is 12.3. The maximum Gasteiger partial charge on any atom is 0.243 e. The molecule has 0 atom stereocenters. The van der Waals surface area contributed by atoms with Crippen LogP contribution in [0.3, 0.4) is 0 Å². The average Bonchev–Trinajstić information content (AvgIpc) is 2.75. The van der Waals surface area contributed by atoms with Crippen LogP contribution in [0.15, 0.2) is 81.0 Å². The van der Waals surface area contributed by atoms with Crippen LogP contribution < -0.4 is 10.5 Å². The van der Waals surface area contributed by atoms with E-state index in [0.717, 1.165) is 4.31 Å². The van der Waals surface area contributed by atoms with Gasteiger partial charge in [-0.05, 0) is 66.2 Å². The summed E-state index contributed by atoms with van der Waals surface area (Å²) in [5, 5.41) is 8.26. The summed E-state index contributed by atoms with van der Waals surface area (Å²) in [6, 6.07) is 15.8. The number of primary sulfonamides is 1. The highest BCUT2D eigenvalue weighted by molar-refractivity contribution is 9.10. The fourth-order valence-electron chi connectivity index (χ4n) is 2.91. The van der Waals surface area contributed by atoms with Gasteiger partial charge in [-0.25, -0.2) is 22.0 Å². The molecular formula is C21H18BrCl2N3O5S2. The third-order valence-corrected chi connectivity index (χ3v) is 8.45. The monoisotopic (exact) mass is 605 g/mol. The molecule has 0 aliphatic rings. The first-order chi connectivity index (χ1) is 15.9. The number of rotatable bonds is 8. The standard InChI is InChI=1S/C21H18BrCl2N3O5S2/c22-15-2-7-19(8-3-15)34(31,32)27(12-14-1-4-16(23)11-20(14)24)13-21(28)26-17-5-9-18(10-6-17)33(25,29)30/h1-11H,12-13H2,(H,26,28)(H2,25,29,30). The Morgan fingerprint density at radius 3 is 2.06 bits per heavy atom. The molecule has 180 valence electrons. The smallest absolute Gasteiger partial charge is 0.243 e.